The molecule has 0 saturated carbocycles. The summed E-state index contributed by atoms with van der Waals surface area (Å²) in [5.41, 5.74) is 1.58. The van der Waals surface area contributed by atoms with Crippen molar-refractivity contribution in [3.63, 3.8) is 0 Å². The zero-order valence-corrected chi connectivity index (χ0v) is 18.8. The van der Waals surface area contributed by atoms with Gasteiger partial charge in [0.2, 0.25) is 0 Å². The SMILES string of the molecule is CN(C)CCOc1ccc(NC(=O)Nc2ccc(Cl)cc2Cl)cc1-c1c(F)cnn1C. The van der Waals surface area contributed by atoms with Crippen molar-refractivity contribution in [2.75, 3.05) is 37.9 Å². The zero-order chi connectivity index (χ0) is 22.5. The molecule has 0 bridgehead atoms. The Morgan fingerprint density at radius 2 is 1.97 bits per heavy atom. The molecular weight excluding hydrogens is 444 g/mol. The second-order valence-corrected chi connectivity index (χ2v) is 7.87. The van der Waals surface area contributed by atoms with E-state index in [1.165, 1.54) is 10.7 Å². The maximum Gasteiger partial charge on any atom is 0.323 e. The van der Waals surface area contributed by atoms with Crippen molar-refractivity contribution in [1.29, 1.82) is 0 Å². The van der Waals surface area contributed by atoms with Gasteiger partial charge in [0.15, 0.2) is 5.82 Å². The summed E-state index contributed by atoms with van der Waals surface area (Å²) in [6.07, 6.45) is 1.13. The molecule has 0 saturated heterocycles. The molecule has 1 heterocycles. The van der Waals surface area contributed by atoms with Crippen LogP contribution >= 0.6 is 23.2 Å². The summed E-state index contributed by atoms with van der Waals surface area (Å²) in [4.78, 5) is 14.4. The van der Waals surface area contributed by atoms with Crippen molar-refractivity contribution >= 4 is 40.6 Å². The standard InChI is InChI=1S/C21H22Cl2FN5O2/c1-28(2)8-9-31-19-7-5-14(11-15(19)20-17(24)12-25-29(20)3)26-21(30)27-18-6-4-13(22)10-16(18)23/h4-7,10-12H,8-9H2,1-3H3,(H2,26,27,30). The summed E-state index contributed by atoms with van der Waals surface area (Å²) in [6.45, 7) is 1.11. The van der Waals surface area contributed by atoms with Crippen LogP contribution in [0.1, 0.15) is 0 Å². The van der Waals surface area contributed by atoms with Crippen LogP contribution in [0.25, 0.3) is 11.3 Å². The number of nitrogens with one attached hydrogen (secondary N) is 2. The fourth-order valence-corrected chi connectivity index (χ4v) is 3.30. The Morgan fingerprint density at radius 1 is 1.19 bits per heavy atom. The number of carbonyl (C=O) groups excluding carboxylic acids is 1. The van der Waals surface area contributed by atoms with Crippen LogP contribution in [-0.4, -0.2) is 48.0 Å². The first-order chi connectivity index (χ1) is 14.7. The number of aromatic nitrogens is 2. The number of benzene rings is 2. The van der Waals surface area contributed by atoms with Gasteiger partial charge in [-0.05, 0) is 50.5 Å². The molecule has 1 aromatic heterocycles. The highest BCUT2D eigenvalue weighted by Crippen LogP contribution is 2.34. The molecular formula is C21H22Cl2FN5O2. The summed E-state index contributed by atoms with van der Waals surface area (Å²) in [6, 6.07) is 9.22. The summed E-state index contributed by atoms with van der Waals surface area (Å²) in [5, 5.41) is 10.1. The van der Waals surface area contributed by atoms with Crippen molar-refractivity contribution < 1.29 is 13.9 Å². The highest BCUT2D eigenvalue weighted by molar-refractivity contribution is 6.36. The van der Waals surface area contributed by atoms with Crippen LogP contribution < -0.4 is 15.4 Å². The van der Waals surface area contributed by atoms with E-state index in [0.717, 1.165) is 6.20 Å². The van der Waals surface area contributed by atoms with Gasteiger partial charge in [0.1, 0.15) is 18.1 Å². The van der Waals surface area contributed by atoms with E-state index in [9.17, 15) is 9.18 Å². The van der Waals surface area contributed by atoms with E-state index in [2.05, 4.69) is 15.7 Å². The largest absolute Gasteiger partial charge is 0.492 e. The normalized spacial score (nSPS) is 10.9. The second-order valence-electron chi connectivity index (χ2n) is 7.03. The van der Waals surface area contributed by atoms with Gasteiger partial charge in [-0.2, -0.15) is 5.10 Å². The molecule has 0 aliphatic heterocycles. The molecule has 3 aromatic rings. The van der Waals surface area contributed by atoms with Crippen LogP contribution in [0.3, 0.4) is 0 Å². The maximum atomic E-state index is 14.4. The van der Waals surface area contributed by atoms with Crippen LogP contribution in [0, 0.1) is 5.82 Å². The molecule has 2 aromatic carbocycles. The Labute approximate surface area is 189 Å². The molecule has 0 radical (unpaired) electrons. The first-order valence-electron chi connectivity index (χ1n) is 9.37. The van der Waals surface area contributed by atoms with Gasteiger partial charge in [0.05, 0.1) is 16.9 Å². The van der Waals surface area contributed by atoms with Crippen molar-refractivity contribution in [3.8, 4) is 17.0 Å². The molecule has 2 N–H and O–H groups in total. The first-order valence-corrected chi connectivity index (χ1v) is 10.1. The van der Waals surface area contributed by atoms with Crippen LogP contribution in [0.5, 0.6) is 5.75 Å². The number of hydrogen-bond acceptors (Lipinski definition) is 4. The van der Waals surface area contributed by atoms with E-state index in [4.69, 9.17) is 27.9 Å². The maximum absolute atomic E-state index is 14.4. The van der Waals surface area contributed by atoms with Crippen molar-refractivity contribution in [1.82, 2.24) is 14.7 Å². The van der Waals surface area contributed by atoms with E-state index in [0.29, 0.717) is 45.9 Å². The van der Waals surface area contributed by atoms with Crippen LogP contribution in [0.4, 0.5) is 20.6 Å². The van der Waals surface area contributed by atoms with E-state index in [1.807, 2.05) is 19.0 Å². The van der Waals surface area contributed by atoms with Gasteiger partial charge in [0, 0.05) is 29.9 Å². The van der Waals surface area contributed by atoms with Gasteiger partial charge in [-0.1, -0.05) is 23.2 Å². The van der Waals surface area contributed by atoms with Gasteiger partial charge < -0.3 is 20.3 Å². The number of amides is 2. The molecule has 7 nitrogen and oxygen atoms in total. The van der Waals surface area contributed by atoms with Gasteiger partial charge in [-0.3, -0.25) is 4.68 Å². The third-order valence-electron chi connectivity index (χ3n) is 4.36. The molecule has 0 unspecified atom stereocenters. The summed E-state index contributed by atoms with van der Waals surface area (Å²) in [5.74, 6) is -0.00874. The lowest BCUT2D eigenvalue weighted by atomic mass is 10.1. The molecule has 164 valence electrons. The lowest BCUT2D eigenvalue weighted by Gasteiger charge is -2.16. The third kappa shape index (κ3) is 5.88. The van der Waals surface area contributed by atoms with Gasteiger partial charge in [-0.15, -0.1) is 0 Å². The number of likely N-dealkylation sites (N-methyl/N-ethyl adjacent to an activating group) is 1. The zero-order valence-electron chi connectivity index (χ0n) is 17.2. The first kappa shape index (κ1) is 22.9. The lowest BCUT2D eigenvalue weighted by Crippen LogP contribution is -2.20. The Balaban J connectivity index is 1.84. The minimum Gasteiger partial charge on any atom is -0.492 e. The Morgan fingerprint density at radius 3 is 2.61 bits per heavy atom. The Bertz CT molecular complexity index is 1070. The van der Waals surface area contributed by atoms with E-state index in [1.54, 1.807) is 37.4 Å². The number of halogens is 3. The molecule has 3 rings (SSSR count). The van der Waals surface area contributed by atoms with E-state index < -0.39 is 11.8 Å². The molecule has 0 spiro atoms. The predicted octanol–water partition coefficient (Wildman–Crippen LogP) is 5.12. The minimum atomic E-state index is -0.512. The number of rotatable bonds is 7. The minimum absolute atomic E-state index is 0.254. The summed E-state index contributed by atoms with van der Waals surface area (Å²) >= 11 is 12.0. The molecule has 31 heavy (non-hydrogen) atoms. The number of hydrogen-bond donors (Lipinski definition) is 2. The number of aryl methyl sites for hydroxylation is 1. The van der Waals surface area contributed by atoms with Crippen molar-refractivity contribution in [2.24, 2.45) is 7.05 Å². The molecule has 10 heteroatoms. The van der Waals surface area contributed by atoms with E-state index >= 15 is 0 Å². The number of ether oxygens (including phenoxy) is 1. The third-order valence-corrected chi connectivity index (χ3v) is 4.91. The summed E-state index contributed by atoms with van der Waals surface area (Å²) < 4.78 is 21.7. The lowest BCUT2D eigenvalue weighted by molar-refractivity contribution is 0.261. The van der Waals surface area contributed by atoms with E-state index in [-0.39, 0.29) is 5.69 Å². The average Bonchev–Trinajstić information content (AvgIpc) is 3.03. The van der Waals surface area contributed by atoms with Crippen LogP contribution in [0.2, 0.25) is 10.0 Å². The Hall–Kier alpha value is -2.81. The topological polar surface area (TPSA) is 71.4 Å². The van der Waals surface area contributed by atoms with Gasteiger partial charge in [0.25, 0.3) is 0 Å². The number of anilines is 2. The van der Waals surface area contributed by atoms with Crippen molar-refractivity contribution in [2.45, 2.75) is 0 Å². The fraction of sp³-hybridized carbons (Fsp3) is 0.238. The van der Waals surface area contributed by atoms with Crippen molar-refractivity contribution in [3.05, 3.63) is 58.5 Å². The predicted molar refractivity (Wildman–Crippen MR) is 122 cm³/mol. The van der Waals surface area contributed by atoms with Gasteiger partial charge in [-0.25, -0.2) is 9.18 Å². The fourth-order valence-electron chi connectivity index (χ4n) is 2.85. The average molecular weight is 466 g/mol. The highest BCUT2D eigenvalue weighted by Gasteiger charge is 2.17. The number of nitrogens with zero attached hydrogens (tertiary/aromatic N) is 3. The van der Waals surface area contributed by atoms with Crippen LogP contribution in [0.15, 0.2) is 42.6 Å². The smallest absolute Gasteiger partial charge is 0.323 e. The summed E-state index contributed by atoms with van der Waals surface area (Å²) in [7, 11) is 5.50. The highest BCUT2D eigenvalue weighted by atomic mass is 35.5. The number of carbonyl (C=O) groups is 1. The molecule has 0 aliphatic carbocycles. The quantitative estimate of drug-likeness (QED) is 0.507. The molecule has 0 aliphatic rings. The number of urea groups is 1. The Kier molecular flexibility index (Phi) is 7.37. The van der Waals surface area contributed by atoms with Gasteiger partial charge >= 0.3 is 6.03 Å². The second kappa shape index (κ2) is 10.00. The monoisotopic (exact) mass is 465 g/mol. The molecule has 2 amide bonds. The molecule has 0 fully saturated rings. The van der Waals surface area contributed by atoms with Crippen LogP contribution in [-0.2, 0) is 7.05 Å². The molecule has 0 atom stereocenters.